The van der Waals surface area contributed by atoms with Gasteiger partial charge in [0.15, 0.2) is 0 Å². The number of fused-ring (bicyclic) bond motifs is 1. The number of amides is 3. The molecule has 3 aliphatic heterocycles. The summed E-state index contributed by atoms with van der Waals surface area (Å²) in [7, 11) is 0. The summed E-state index contributed by atoms with van der Waals surface area (Å²) in [5.41, 5.74) is -0.00564. The Kier molecular flexibility index (Phi) is 5.41. The molecule has 4 heterocycles. The summed E-state index contributed by atoms with van der Waals surface area (Å²) in [4.78, 5) is 43.5. The van der Waals surface area contributed by atoms with Crippen LogP contribution >= 0.6 is 11.3 Å². The van der Waals surface area contributed by atoms with Crippen molar-refractivity contribution in [1.29, 1.82) is 0 Å². The molecule has 2 saturated heterocycles. The Balaban J connectivity index is 1.51. The molecule has 2 fully saturated rings. The van der Waals surface area contributed by atoms with Gasteiger partial charge >= 0.3 is 0 Å². The highest BCUT2D eigenvalue weighted by molar-refractivity contribution is 7.09. The fraction of sp³-hybridized carbons (Fsp3) is 0.423. The molecule has 1 aromatic heterocycles. The number of hydrogen-bond donors (Lipinski definition) is 2. The van der Waals surface area contributed by atoms with Crippen molar-refractivity contribution >= 4 is 34.7 Å². The summed E-state index contributed by atoms with van der Waals surface area (Å²) in [5, 5.41) is 7.96. The fourth-order valence-corrected chi connectivity index (χ4v) is 6.08. The number of rotatable bonds is 5. The number of carbonyl (C=O) groups excluding carboxylic acids is 3. The van der Waals surface area contributed by atoms with E-state index in [0.29, 0.717) is 12.2 Å². The van der Waals surface area contributed by atoms with Crippen molar-refractivity contribution in [2.75, 3.05) is 5.32 Å². The summed E-state index contributed by atoms with van der Waals surface area (Å²) in [6.07, 6.45) is 3.11. The number of aryl methyl sites for hydroxylation is 1. The number of anilines is 1. The highest BCUT2D eigenvalue weighted by Gasteiger charge is 2.72. The molecule has 34 heavy (non-hydrogen) atoms. The molecule has 178 valence electrons. The predicted octanol–water partition coefficient (Wildman–Crippen LogP) is 3.26. The van der Waals surface area contributed by atoms with Crippen LogP contribution in [-0.4, -0.2) is 45.9 Å². The third-order valence-electron chi connectivity index (χ3n) is 6.73. The molecule has 1 aromatic carbocycles. The number of nitrogens with zero attached hydrogens (tertiary/aromatic N) is 1. The average molecular weight is 480 g/mol. The number of para-hydroxylation sites is 1. The van der Waals surface area contributed by atoms with Gasteiger partial charge in [0, 0.05) is 16.1 Å². The Labute approximate surface area is 203 Å². The van der Waals surface area contributed by atoms with Crippen molar-refractivity contribution in [2.45, 2.75) is 57.5 Å². The summed E-state index contributed by atoms with van der Waals surface area (Å²) in [5.74, 6) is -2.24. The molecule has 3 amide bonds. The monoisotopic (exact) mass is 479 g/mol. The smallest absolute Gasteiger partial charge is 0.246 e. The first-order valence-electron chi connectivity index (χ1n) is 11.5. The maximum atomic E-state index is 13.9. The first-order valence-corrected chi connectivity index (χ1v) is 12.4. The number of nitrogens with one attached hydrogen (secondary N) is 2. The lowest BCUT2D eigenvalue weighted by Gasteiger charge is -2.34. The van der Waals surface area contributed by atoms with E-state index in [0.717, 1.165) is 10.4 Å². The maximum Gasteiger partial charge on any atom is 0.246 e. The van der Waals surface area contributed by atoms with E-state index in [1.54, 1.807) is 4.90 Å². The Morgan fingerprint density at radius 1 is 1.15 bits per heavy atom. The van der Waals surface area contributed by atoms with Gasteiger partial charge < -0.3 is 20.3 Å². The molecule has 2 aromatic rings. The average Bonchev–Trinajstić information content (AvgIpc) is 3.51. The second-order valence-corrected chi connectivity index (χ2v) is 11.3. The van der Waals surface area contributed by atoms with E-state index < -0.39 is 35.1 Å². The number of likely N-dealkylation sites (tertiary alicyclic amines) is 1. The van der Waals surface area contributed by atoms with Gasteiger partial charge in [-0.25, -0.2) is 0 Å². The van der Waals surface area contributed by atoms with Gasteiger partial charge in [0.2, 0.25) is 17.7 Å². The molecule has 0 aliphatic carbocycles. The van der Waals surface area contributed by atoms with Crippen molar-refractivity contribution in [2.24, 2.45) is 11.8 Å². The standard InChI is InChI=1S/C26H29N3O4S/c1-15-8-5-6-10-17(15)27-22(30)19-18-11-12-26(33-18)20(19)24(32)29(14-16-9-7-13-34-16)21(26)23(31)28-25(2,3)4/h5-13,18-21H,14H2,1-4H3,(H,27,30)(H,28,31)/t18-,19-,20+,21+,26-/m1/s1. The van der Waals surface area contributed by atoms with Crippen LogP contribution in [-0.2, 0) is 25.7 Å². The summed E-state index contributed by atoms with van der Waals surface area (Å²) in [6.45, 7) is 7.93. The number of ether oxygens (including phenoxy) is 1. The summed E-state index contributed by atoms with van der Waals surface area (Å²) < 4.78 is 6.36. The third-order valence-corrected chi connectivity index (χ3v) is 7.59. The molecule has 2 N–H and O–H groups in total. The molecular weight excluding hydrogens is 450 g/mol. The molecule has 0 unspecified atom stereocenters. The zero-order chi connectivity index (χ0) is 24.3. The maximum absolute atomic E-state index is 13.9. The van der Waals surface area contributed by atoms with E-state index >= 15 is 0 Å². The Hall–Kier alpha value is -2.97. The minimum absolute atomic E-state index is 0.223. The van der Waals surface area contributed by atoms with Gasteiger partial charge in [0.05, 0.1) is 24.5 Å². The van der Waals surface area contributed by atoms with Crippen molar-refractivity contribution in [3.63, 3.8) is 0 Å². The number of thiophene rings is 1. The van der Waals surface area contributed by atoms with E-state index in [-0.39, 0.29) is 17.7 Å². The van der Waals surface area contributed by atoms with Crippen molar-refractivity contribution in [1.82, 2.24) is 10.2 Å². The molecule has 0 saturated carbocycles. The largest absolute Gasteiger partial charge is 0.359 e. The normalized spacial score (nSPS) is 29.4. The predicted molar refractivity (Wildman–Crippen MR) is 130 cm³/mol. The first kappa shape index (κ1) is 22.8. The molecule has 3 aliphatic rings. The lowest BCUT2D eigenvalue weighted by Crippen LogP contribution is -2.57. The number of benzene rings is 1. The molecule has 1 spiro atoms. The van der Waals surface area contributed by atoms with Crippen LogP contribution in [0, 0.1) is 18.8 Å². The van der Waals surface area contributed by atoms with Gasteiger partial charge in [0.25, 0.3) is 0 Å². The lowest BCUT2D eigenvalue weighted by atomic mass is 9.74. The van der Waals surface area contributed by atoms with Crippen LogP contribution in [0.3, 0.4) is 0 Å². The highest BCUT2D eigenvalue weighted by atomic mass is 32.1. The number of carbonyl (C=O) groups is 3. The van der Waals surface area contributed by atoms with E-state index in [4.69, 9.17) is 4.74 Å². The van der Waals surface area contributed by atoms with Crippen LogP contribution in [0.2, 0.25) is 0 Å². The highest BCUT2D eigenvalue weighted by Crippen LogP contribution is 2.55. The van der Waals surface area contributed by atoms with E-state index in [9.17, 15) is 14.4 Å². The molecule has 7 nitrogen and oxygen atoms in total. The zero-order valence-corrected chi connectivity index (χ0v) is 20.5. The fourth-order valence-electron chi connectivity index (χ4n) is 5.38. The van der Waals surface area contributed by atoms with Crippen molar-refractivity contribution < 1.29 is 19.1 Å². The van der Waals surface area contributed by atoms with Crippen molar-refractivity contribution in [3.05, 3.63) is 64.4 Å². The van der Waals surface area contributed by atoms with Gasteiger partial charge in [-0.2, -0.15) is 0 Å². The van der Waals surface area contributed by atoms with Crippen LogP contribution in [0.25, 0.3) is 0 Å². The zero-order valence-electron chi connectivity index (χ0n) is 19.7. The van der Waals surface area contributed by atoms with E-state index in [1.807, 2.05) is 81.6 Å². The number of hydrogen-bond acceptors (Lipinski definition) is 5. The lowest BCUT2D eigenvalue weighted by molar-refractivity contribution is -0.142. The minimum Gasteiger partial charge on any atom is -0.359 e. The molecular formula is C26H29N3O4S. The Morgan fingerprint density at radius 3 is 2.59 bits per heavy atom. The van der Waals surface area contributed by atoms with E-state index in [2.05, 4.69) is 10.6 Å². The molecule has 2 bridgehead atoms. The Morgan fingerprint density at radius 2 is 1.91 bits per heavy atom. The molecule has 5 atom stereocenters. The molecule has 0 radical (unpaired) electrons. The Bertz CT molecular complexity index is 1170. The van der Waals surface area contributed by atoms with Gasteiger partial charge in [-0.05, 0) is 50.8 Å². The van der Waals surface area contributed by atoms with Crippen LogP contribution in [0.15, 0.2) is 53.9 Å². The molecule has 8 heteroatoms. The van der Waals surface area contributed by atoms with Crippen molar-refractivity contribution in [3.8, 4) is 0 Å². The summed E-state index contributed by atoms with van der Waals surface area (Å²) in [6, 6.07) is 10.5. The van der Waals surface area contributed by atoms with Gasteiger partial charge in [0.1, 0.15) is 11.6 Å². The third kappa shape index (κ3) is 3.65. The van der Waals surface area contributed by atoms with Gasteiger partial charge in [-0.15, -0.1) is 11.3 Å². The topological polar surface area (TPSA) is 87.7 Å². The second-order valence-electron chi connectivity index (χ2n) is 10.3. The molecule has 5 rings (SSSR count). The minimum atomic E-state index is -1.16. The second kappa shape index (κ2) is 8.06. The van der Waals surface area contributed by atoms with Crippen LogP contribution in [0.4, 0.5) is 5.69 Å². The quantitative estimate of drug-likeness (QED) is 0.645. The van der Waals surface area contributed by atoms with Gasteiger partial charge in [-0.3, -0.25) is 14.4 Å². The SMILES string of the molecule is Cc1ccccc1NC(=O)[C@H]1[C@H]2C(=O)N(Cc3cccs3)[C@@H](C(=O)NC(C)(C)C)[C@@]23C=C[C@H]1O3. The van der Waals surface area contributed by atoms with E-state index in [1.165, 1.54) is 11.3 Å². The van der Waals surface area contributed by atoms with Crippen LogP contribution in [0.5, 0.6) is 0 Å². The first-order chi connectivity index (χ1) is 16.1. The van der Waals surface area contributed by atoms with Crippen LogP contribution in [0.1, 0.15) is 31.2 Å². The van der Waals surface area contributed by atoms with Gasteiger partial charge in [-0.1, -0.05) is 36.4 Å². The van der Waals surface area contributed by atoms with Crippen LogP contribution < -0.4 is 10.6 Å². The summed E-state index contributed by atoms with van der Waals surface area (Å²) >= 11 is 1.53.